The molecule has 1 aliphatic heterocycles. The van der Waals surface area contributed by atoms with Gasteiger partial charge in [-0.25, -0.2) is 4.39 Å². The molecule has 1 aromatic rings. The van der Waals surface area contributed by atoms with E-state index >= 15 is 0 Å². The molecule has 1 aliphatic rings. The first kappa shape index (κ1) is 13.7. The minimum Gasteiger partial charge on any atom is -0.381 e. The van der Waals surface area contributed by atoms with Crippen LogP contribution in [0, 0.1) is 21.8 Å². The Labute approximate surface area is 110 Å². The number of ether oxygens (including phenoxy) is 1. The average molecular weight is 268 g/mol. The van der Waals surface area contributed by atoms with E-state index in [1.807, 2.05) is 6.92 Å². The first-order valence-corrected chi connectivity index (χ1v) is 6.36. The van der Waals surface area contributed by atoms with E-state index in [0.717, 1.165) is 32.1 Å². The van der Waals surface area contributed by atoms with E-state index in [1.54, 1.807) is 0 Å². The minimum absolute atomic E-state index is 0.0908. The average Bonchev–Trinajstić information content (AvgIpc) is 2.41. The number of benzene rings is 1. The van der Waals surface area contributed by atoms with Gasteiger partial charge in [-0.15, -0.1) is 0 Å². The Morgan fingerprint density at radius 2 is 2.16 bits per heavy atom. The number of hydrogen-bond donors (Lipinski definition) is 1. The zero-order chi connectivity index (χ0) is 13.8. The lowest BCUT2D eigenvalue weighted by atomic mass is 9.93. The van der Waals surface area contributed by atoms with Crippen molar-refractivity contribution in [2.24, 2.45) is 5.92 Å². The van der Waals surface area contributed by atoms with Crippen molar-refractivity contribution >= 4 is 11.4 Å². The number of rotatable bonds is 4. The van der Waals surface area contributed by atoms with Gasteiger partial charge in [-0.05, 0) is 37.8 Å². The van der Waals surface area contributed by atoms with Crippen LogP contribution in [0.1, 0.15) is 19.8 Å². The van der Waals surface area contributed by atoms with Crippen LogP contribution in [-0.4, -0.2) is 24.2 Å². The number of hydrogen-bond acceptors (Lipinski definition) is 4. The van der Waals surface area contributed by atoms with E-state index in [0.29, 0.717) is 11.6 Å². The van der Waals surface area contributed by atoms with Crippen LogP contribution in [0.4, 0.5) is 15.8 Å². The summed E-state index contributed by atoms with van der Waals surface area (Å²) in [6.45, 7) is 3.44. The fourth-order valence-corrected chi connectivity index (χ4v) is 2.36. The Morgan fingerprint density at radius 3 is 2.79 bits per heavy atom. The Balaban J connectivity index is 2.11. The maximum atomic E-state index is 13.1. The van der Waals surface area contributed by atoms with Crippen molar-refractivity contribution in [2.75, 3.05) is 18.5 Å². The van der Waals surface area contributed by atoms with Gasteiger partial charge in [0.25, 0.3) is 5.69 Å². The van der Waals surface area contributed by atoms with Crippen molar-refractivity contribution in [1.29, 1.82) is 0 Å². The largest absolute Gasteiger partial charge is 0.381 e. The third kappa shape index (κ3) is 3.41. The minimum atomic E-state index is -0.601. The molecule has 0 aromatic heterocycles. The van der Waals surface area contributed by atoms with Crippen molar-refractivity contribution < 1.29 is 14.1 Å². The van der Waals surface area contributed by atoms with Crippen LogP contribution in [0.15, 0.2) is 18.2 Å². The van der Waals surface area contributed by atoms with E-state index in [-0.39, 0.29) is 11.7 Å². The monoisotopic (exact) mass is 268 g/mol. The van der Waals surface area contributed by atoms with Gasteiger partial charge in [0.2, 0.25) is 0 Å². The molecule has 0 bridgehead atoms. The SMILES string of the molecule is CC(Nc1ccc(F)cc1[N+](=O)[O-])C1CCOCC1. The lowest BCUT2D eigenvalue weighted by Gasteiger charge is -2.28. The summed E-state index contributed by atoms with van der Waals surface area (Å²) in [7, 11) is 0. The molecule has 0 radical (unpaired) electrons. The van der Waals surface area contributed by atoms with E-state index in [9.17, 15) is 14.5 Å². The van der Waals surface area contributed by atoms with Crippen molar-refractivity contribution in [2.45, 2.75) is 25.8 Å². The number of anilines is 1. The third-order valence-corrected chi connectivity index (χ3v) is 3.51. The molecule has 1 N–H and O–H groups in total. The van der Waals surface area contributed by atoms with Gasteiger partial charge in [-0.1, -0.05) is 0 Å². The molecule has 1 aromatic carbocycles. The lowest BCUT2D eigenvalue weighted by Crippen LogP contribution is -2.31. The van der Waals surface area contributed by atoms with Crippen LogP contribution in [-0.2, 0) is 4.74 Å². The van der Waals surface area contributed by atoms with Crippen LogP contribution in [0.3, 0.4) is 0 Å². The molecular weight excluding hydrogens is 251 g/mol. The highest BCUT2D eigenvalue weighted by atomic mass is 19.1. The number of nitro groups is 1. The first-order chi connectivity index (χ1) is 9.08. The smallest absolute Gasteiger partial charge is 0.295 e. The summed E-state index contributed by atoms with van der Waals surface area (Å²) in [6.07, 6.45) is 1.87. The van der Waals surface area contributed by atoms with E-state index in [2.05, 4.69) is 5.32 Å². The highest BCUT2D eigenvalue weighted by Crippen LogP contribution is 2.28. The summed E-state index contributed by atoms with van der Waals surface area (Å²) < 4.78 is 18.3. The lowest BCUT2D eigenvalue weighted by molar-refractivity contribution is -0.384. The molecule has 2 rings (SSSR count). The van der Waals surface area contributed by atoms with Gasteiger partial charge >= 0.3 is 0 Å². The van der Waals surface area contributed by atoms with Gasteiger partial charge in [-0.3, -0.25) is 10.1 Å². The summed E-state index contributed by atoms with van der Waals surface area (Å²) in [5, 5.41) is 14.0. The Bertz CT molecular complexity index is 461. The molecule has 1 saturated heterocycles. The second-order valence-corrected chi connectivity index (χ2v) is 4.80. The van der Waals surface area contributed by atoms with Crippen LogP contribution in [0.2, 0.25) is 0 Å². The molecule has 1 atom stereocenters. The summed E-state index contributed by atoms with van der Waals surface area (Å²) >= 11 is 0. The van der Waals surface area contributed by atoms with Crippen molar-refractivity contribution in [3.63, 3.8) is 0 Å². The molecule has 19 heavy (non-hydrogen) atoms. The number of nitrogens with zero attached hydrogens (tertiary/aromatic N) is 1. The zero-order valence-corrected chi connectivity index (χ0v) is 10.8. The molecule has 0 aliphatic carbocycles. The van der Waals surface area contributed by atoms with Gasteiger partial charge in [0.1, 0.15) is 11.5 Å². The van der Waals surface area contributed by atoms with Crippen molar-refractivity contribution in [3.05, 3.63) is 34.1 Å². The summed E-state index contributed by atoms with van der Waals surface area (Å²) in [5.41, 5.74) is 0.143. The van der Waals surface area contributed by atoms with Crippen LogP contribution in [0.5, 0.6) is 0 Å². The van der Waals surface area contributed by atoms with Crippen LogP contribution in [0.25, 0.3) is 0 Å². The van der Waals surface area contributed by atoms with Crippen molar-refractivity contribution in [1.82, 2.24) is 0 Å². The quantitative estimate of drug-likeness (QED) is 0.673. The van der Waals surface area contributed by atoms with Crippen molar-refractivity contribution in [3.8, 4) is 0 Å². The highest BCUT2D eigenvalue weighted by Gasteiger charge is 2.23. The second-order valence-electron chi connectivity index (χ2n) is 4.80. The number of nitro benzene ring substituents is 1. The predicted octanol–water partition coefficient (Wildman–Crippen LogP) is 2.96. The molecule has 1 fully saturated rings. The summed E-state index contributed by atoms with van der Waals surface area (Å²) in [4.78, 5) is 10.3. The van der Waals surface area contributed by atoms with Crippen LogP contribution >= 0.6 is 0 Å². The van der Waals surface area contributed by atoms with Gasteiger partial charge in [-0.2, -0.15) is 0 Å². The first-order valence-electron chi connectivity index (χ1n) is 6.36. The summed E-state index contributed by atoms with van der Waals surface area (Å²) in [6, 6.07) is 3.68. The van der Waals surface area contributed by atoms with Crippen LogP contribution < -0.4 is 5.32 Å². The predicted molar refractivity (Wildman–Crippen MR) is 69.7 cm³/mol. The Morgan fingerprint density at radius 1 is 1.47 bits per heavy atom. The standard InChI is InChI=1S/C13H17FN2O3/c1-9(10-4-6-19-7-5-10)15-12-3-2-11(14)8-13(12)16(17)18/h2-3,8-10,15H,4-7H2,1H3. The molecule has 6 heteroatoms. The third-order valence-electron chi connectivity index (χ3n) is 3.51. The zero-order valence-electron chi connectivity index (χ0n) is 10.8. The van der Waals surface area contributed by atoms with E-state index in [1.165, 1.54) is 12.1 Å². The summed E-state index contributed by atoms with van der Waals surface area (Å²) in [5.74, 6) is -0.186. The molecule has 1 unspecified atom stereocenters. The number of halogens is 1. The molecule has 104 valence electrons. The number of nitrogens with one attached hydrogen (secondary N) is 1. The molecule has 5 nitrogen and oxygen atoms in total. The second kappa shape index (κ2) is 5.97. The Kier molecular flexibility index (Phi) is 4.31. The molecule has 0 spiro atoms. The van der Waals surface area contributed by atoms with E-state index < -0.39 is 10.7 Å². The molecular formula is C13H17FN2O3. The van der Waals surface area contributed by atoms with E-state index in [4.69, 9.17) is 4.74 Å². The van der Waals surface area contributed by atoms with Gasteiger partial charge < -0.3 is 10.1 Å². The maximum absolute atomic E-state index is 13.1. The highest BCUT2D eigenvalue weighted by molar-refractivity contribution is 5.61. The maximum Gasteiger partial charge on any atom is 0.295 e. The van der Waals surface area contributed by atoms with Gasteiger partial charge in [0.15, 0.2) is 0 Å². The normalized spacial score (nSPS) is 18.0. The van der Waals surface area contributed by atoms with Gasteiger partial charge in [0.05, 0.1) is 11.0 Å². The topological polar surface area (TPSA) is 64.4 Å². The Hall–Kier alpha value is -1.69. The molecule has 0 saturated carbocycles. The fraction of sp³-hybridized carbons (Fsp3) is 0.538. The fourth-order valence-electron chi connectivity index (χ4n) is 2.36. The molecule has 1 heterocycles. The van der Waals surface area contributed by atoms with Gasteiger partial charge in [0, 0.05) is 19.3 Å². The molecule has 0 amide bonds.